The largest absolute Gasteiger partial charge is 0.345 e. The second-order valence-corrected chi connectivity index (χ2v) is 5.33. The lowest BCUT2D eigenvalue weighted by molar-refractivity contribution is 0.0655. The van der Waals surface area contributed by atoms with Crippen molar-refractivity contribution in [3.63, 3.8) is 0 Å². The Bertz CT molecular complexity index is 519. The lowest BCUT2D eigenvalue weighted by Gasteiger charge is -2.34. The summed E-state index contributed by atoms with van der Waals surface area (Å²) in [7, 11) is 3.41. The number of carbonyl (C=O) groups excluding carboxylic acids is 2. The summed E-state index contributed by atoms with van der Waals surface area (Å²) in [5.41, 5.74) is 1.12. The van der Waals surface area contributed by atoms with Crippen LogP contribution in [0.5, 0.6) is 0 Å². The molecular weight excluding hydrogens is 290 g/mol. The lowest BCUT2D eigenvalue weighted by atomic mass is 10.1. The van der Waals surface area contributed by atoms with Crippen LogP contribution >= 0.6 is 12.4 Å². The van der Waals surface area contributed by atoms with Crippen molar-refractivity contribution in [2.75, 3.05) is 33.7 Å². The van der Waals surface area contributed by atoms with Crippen LogP contribution in [-0.2, 0) is 0 Å². The highest BCUT2D eigenvalue weighted by Gasteiger charge is 2.24. The molecule has 0 saturated carbocycles. The highest BCUT2D eigenvalue weighted by atomic mass is 35.5. The fourth-order valence-corrected chi connectivity index (χ4v) is 2.35. The number of hydrogen-bond donors (Lipinski definition) is 1. The Kier molecular flexibility index (Phi) is 6.18. The third-order valence-electron chi connectivity index (χ3n) is 3.52. The maximum Gasteiger partial charge on any atom is 0.254 e. The van der Waals surface area contributed by atoms with Crippen LogP contribution in [0.15, 0.2) is 24.3 Å². The molecule has 21 heavy (non-hydrogen) atoms. The van der Waals surface area contributed by atoms with Crippen LogP contribution in [0.25, 0.3) is 0 Å². The van der Waals surface area contributed by atoms with Crippen molar-refractivity contribution in [1.82, 2.24) is 15.1 Å². The summed E-state index contributed by atoms with van der Waals surface area (Å²) in [5, 5.41) is 3.26. The lowest BCUT2D eigenvalue weighted by Crippen LogP contribution is -2.52. The summed E-state index contributed by atoms with van der Waals surface area (Å²) in [5.74, 6) is -0.0968. The number of halogens is 1. The molecule has 0 aliphatic carbocycles. The Labute approximate surface area is 131 Å². The van der Waals surface area contributed by atoms with E-state index in [1.807, 2.05) is 11.8 Å². The van der Waals surface area contributed by atoms with Gasteiger partial charge in [-0.1, -0.05) is 6.07 Å². The first-order valence-corrected chi connectivity index (χ1v) is 6.84. The SMILES string of the molecule is CC1CNCCN1C(=O)c1cccc(C(=O)N(C)C)c1.Cl. The fourth-order valence-electron chi connectivity index (χ4n) is 2.35. The highest BCUT2D eigenvalue weighted by Crippen LogP contribution is 2.13. The van der Waals surface area contributed by atoms with Gasteiger partial charge in [0.2, 0.25) is 0 Å². The van der Waals surface area contributed by atoms with Crippen molar-refractivity contribution >= 4 is 24.2 Å². The molecule has 0 bridgehead atoms. The number of amides is 2. The third kappa shape index (κ3) is 3.95. The van der Waals surface area contributed by atoms with Crippen molar-refractivity contribution in [3.8, 4) is 0 Å². The van der Waals surface area contributed by atoms with E-state index in [4.69, 9.17) is 0 Å². The monoisotopic (exact) mass is 311 g/mol. The van der Waals surface area contributed by atoms with Crippen molar-refractivity contribution in [1.29, 1.82) is 0 Å². The minimum absolute atomic E-state index is 0. The number of carbonyl (C=O) groups is 2. The molecule has 1 aliphatic rings. The molecule has 1 aromatic rings. The summed E-state index contributed by atoms with van der Waals surface area (Å²) in [4.78, 5) is 27.8. The molecule has 5 nitrogen and oxygen atoms in total. The second kappa shape index (κ2) is 7.43. The molecule has 1 unspecified atom stereocenters. The third-order valence-corrected chi connectivity index (χ3v) is 3.52. The standard InChI is InChI=1S/C15H21N3O2.ClH/c1-11-10-16-7-8-18(11)15(20)13-6-4-5-12(9-13)14(19)17(2)3;/h4-6,9,11,16H,7-8,10H2,1-3H3;1H. The topological polar surface area (TPSA) is 52.7 Å². The zero-order valence-corrected chi connectivity index (χ0v) is 13.4. The molecule has 1 fully saturated rings. The normalized spacial score (nSPS) is 17.9. The summed E-state index contributed by atoms with van der Waals surface area (Å²) in [6, 6.07) is 7.12. The summed E-state index contributed by atoms with van der Waals surface area (Å²) >= 11 is 0. The average Bonchev–Trinajstić information content (AvgIpc) is 2.46. The molecular formula is C15H22ClN3O2. The number of hydrogen-bond acceptors (Lipinski definition) is 3. The number of piperazine rings is 1. The smallest absolute Gasteiger partial charge is 0.254 e. The molecule has 116 valence electrons. The number of nitrogens with one attached hydrogen (secondary N) is 1. The van der Waals surface area contributed by atoms with E-state index in [0.29, 0.717) is 17.7 Å². The first kappa shape index (κ1) is 17.5. The van der Waals surface area contributed by atoms with E-state index in [1.54, 1.807) is 38.4 Å². The molecule has 0 radical (unpaired) electrons. The van der Waals surface area contributed by atoms with E-state index in [2.05, 4.69) is 5.32 Å². The molecule has 2 amide bonds. The summed E-state index contributed by atoms with van der Waals surface area (Å²) in [6.07, 6.45) is 0. The van der Waals surface area contributed by atoms with Crippen molar-refractivity contribution in [2.24, 2.45) is 0 Å². The van der Waals surface area contributed by atoms with E-state index < -0.39 is 0 Å². The first-order chi connectivity index (χ1) is 9.50. The van der Waals surface area contributed by atoms with E-state index >= 15 is 0 Å². The molecule has 0 spiro atoms. The Hall–Kier alpha value is -1.59. The molecule has 1 N–H and O–H groups in total. The van der Waals surface area contributed by atoms with Gasteiger partial charge in [0.05, 0.1) is 0 Å². The Morgan fingerprint density at radius 2 is 1.95 bits per heavy atom. The second-order valence-electron chi connectivity index (χ2n) is 5.33. The van der Waals surface area contributed by atoms with E-state index in [0.717, 1.165) is 13.1 Å². The molecule has 6 heteroatoms. The van der Waals surface area contributed by atoms with Gasteiger partial charge < -0.3 is 15.1 Å². The highest BCUT2D eigenvalue weighted by molar-refractivity contribution is 5.99. The molecule has 1 aromatic carbocycles. The number of rotatable bonds is 2. The van der Waals surface area contributed by atoms with Gasteiger partial charge in [0, 0.05) is 50.9 Å². The van der Waals surface area contributed by atoms with Gasteiger partial charge in [0.1, 0.15) is 0 Å². The van der Waals surface area contributed by atoms with Gasteiger partial charge in [-0.15, -0.1) is 12.4 Å². The minimum Gasteiger partial charge on any atom is -0.345 e. The zero-order chi connectivity index (χ0) is 14.7. The predicted octanol–water partition coefficient (Wildman–Crippen LogP) is 1.24. The van der Waals surface area contributed by atoms with E-state index in [9.17, 15) is 9.59 Å². The van der Waals surface area contributed by atoms with Crippen LogP contribution in [0.3, 0.4) is 0 Å². The Balaban J connectivity index is 0.00000220. The van der Waals surface area contributed by atoms with Gasteiger partial charge in [-0.25, -0.2) is 0 Å². The van der Waals surface area contributed by atoms with E-state index in [-0.39, 0.29) is 30.3 Å². The molecule has 1 aliphatic heterocycles. The average molecular weight is 312 g/mol. The summed E-state index contributed by atoms with van der Waals surface area (Å²) < 4.78 is 0. The van der Waals surface area contributed by atoms with Gasteiger partial charge in [0.15, 0.2) is 0 Å². The first-order valence-electron chi connectivity index (χ1n) is 6.84. The molecule has 0 aromatic heterocycles. The molecule has 1 heterocycles. The quantitative estimate of drug-likeness (QED) is 0.894. The number of nitrogens with zero attached hydrogens (tertiary/aromatic N) is 2. The fraction of sp³-hybridized carbons (Fsp3) is 0.467. The van der Waals surface area contributed by atoms with Gasteiger partial charge in [-0.3, -0.25) is 9.59 Å². The van der Waals surface area contributed by atoms with Crippen molar-refractivity contribution in [3.05, 3.63) is 35.4 Å². The van der Waals surface area contributed by atoms with Gasteiger partial charge in [-0.2, -0.15) is 0 Å². The molecule has 2 rings (SSSR count). The Morgan fingerprint density at radius 1 is 1.29 bits per heavy atom. The van der Waals surface area contributed by atoms with Crippen LogP contribution in [-0.4, -0.2) is 61.4 Å². The molecule has 1 atom stereocenters. The Morgan fingerprint density at radius 3 is 2.57 bits per heavy atom. The predicted molar refractivity (Wildman–Crippen MR) is 85.1 cm³/mol. The van der Waals surface area contributed by atoms with Gasteiger partial charge in [-0.05, 0) is 25.1 Å². The zero-order valence-electron chi connectivity index (χ0n) is 12.6. The van der Waals surface area contributed by atoms with E-state index in [1.165, 1.54) is 4.90 Å². The van der Waals surface area contributed by atoms with Gasteiger partial charge >= 0.3 is 0 Å². The molecule has 1 saturated heterocycles. The maximum atomic E-state index is 12.5. The number of benzene rings is 1. The van der Waals surface area contributed by atoms with Gasteiger partial charge in [0.25, 0.3) is 11.8 Å². The van der Waals surface area contributed by atoms with Crippen LogP contribution < -0.4 is 5.32 Å². The van der Waals surface area contributed by atoms with Crippen LogP contribution in [0.2, 0.25) is 0 Å². The van der Waals surface area contributed by atoms with Crippen LogP contribution in [0, 0.1) is 0 Å². The summed E-state index contributed by atoms with van der Waals surface area (Å²) in [6.45, 7) is 4.35. The maximum absolute atomic E-state index is 12.5. The van der Waals surface area contributed by atoms with Crippen molar-refractivity contribution < 1.29 is 9.59 Å². The minimum atomic E-state index is -0.0898. The van der Waals surface area contributed by atoms with Crippen LogP contribution in [0.1, 0.15) is 27.6 Å². The van der Waals surface area contributed by atoms with Crippen molar-refractivity contribution in [2.45, 2.75) is 13.0 Å². The van der Waals surface area contributed by atoms with Crippen LogP contribution in [0.4, 0.5) is 0 Å².